The smallest absolute Gasteiger partial charge is 0.257 e. The Labute approximate surface area is 127 Å². The molecule has 0 bridgehead atoms. The summed E-state index contributed by atoms with van der Waals surface area (Å²) in [6.07, 6.45) is 3.63. The van der Waals surface area contributed by atoms with Crippen molar-refractivity contribution >= 4 is 28.8 Å². The predicted molar refractivity (Wildman–Crippen MR) is 81.3 cm³/mol. The quantitative estimate of drug-likeness (QED) is 0.837. The van der Waals surface area contributed by atoms with E-state index in [1.54, 1.807) is 23.6 Å². The number of carbonyl (C=O) groups excluding carboxylic acids is 1. The second-order valence-corrected chi connectivity index (χ2v) is 6.21. The monoisotopic (exact) mass is 306 g/mol. The molecule has 1 unspecified atom stereocenters. The Morgan fingerprint density at radius 2 is 2.40 bits per heavy atom. The first-order valence-electron chi connectivity index (χ1n) is 6.62. The number of amides is 1. The molecule has 3 rings (SSSR count). The fraction of sp³-hybridized carbons (Fsp3) is 0.333. The maximum absolute atomic E-state index is 12.7. The second-order valence-electron chi connectivity index (χ2n) is 5.02. The first-order chi connectivity index (χ1) is 9.66. The van der Waals surface area contributed by atoms with Crippen molar-refractivity contribution in [3.8, 4) is 0 Å². The molecule has 1 aliphatic heterocycles. The normalized spacial score (nSPS) is 18.5. The zero-order valence-electron chi connectivity index (χ0n) is 11.2. The lowest BCUT2D eigenvalue weighted by Gasteiger charge is -2.24. The van der Waals surface area contributed by atoms with Gasteiger partial charge < -0.3 is 4.90 Å². The zero-order valence-corrected chi connectivity index (χ0v) is 12.7. The average Bonchev–Trinajstić information content (AvgIpc) is 3.09. The molecule has 3 heterocycles. The number of aryl methyl sites for hydroxylation is 1. The molecule has 0 aromatic carbocycles. The Kier molecular flexibility index (Phi) is 3.76. The van der Waals surface area contributed by atoms with Crippen molar-refractivity contribution < 1.29 is 4.79 Å². The zero-order chi connectivity index (χ0) is 14.1. The van der Waals surface area contributed by atoms with Gasteiger partial charge in [-0.2, -0.15) is 11.3 Å². The van der Waals surface area contributed by atoms with Crippen LogP contribution in [0.2, 0.25) is 5.02 Å². The molecule has 20 heavy (non-hydrogen) atoms. The highest BCUT2D eigenvalue weighted by atomic mass is 35.5. The summed E-state index contributed by atoms with van der Waals surface area (Å²) >= 11 is 7.85. The van der Waals surface area contributed by atoms with E-state index in [0.29, 0.717) is 10.6 Å². The van der Waals surface area contributed by atoms with Gasteiger partial charge in [0.2, 0.25) is 0 Å². The number of likely N-dealkylation sites (tertiary alicyclic amines) is 1. The minimum Gasteiger partial charge on any atom is -0.331 e. The number of pyridine rings is 1. The Bertz CT molecular complexity index is 627. The molecule has 1 aliphatic rings. The third-order valence-electron chi connectivity index (χ3n) is 3.66. The Morgan fingerprint density at radius 3 is 3.10 bits per heavy atom. The van der Waals surface area contributed by atoms with Crippen LogP contribution in [-0.4, -0.2) is 22.3 Å². The molecule has 0 saturated carbocycles. The second kappa shape index (κ2) is 5.54. The molecule has 5 heteroatoms. The SMILES string of the molecule is Cc1cc(Cl)c(C(=O)N2CCCC2c2ccsc2)cn1. The van der Waals surface area contributed by atoms with E-state index in [0.717, 1.165) is 25.1 Å². The lowest BCUT2D eigenvalue weighted by Crippen LogP contribution is -2.30. The van der Waals surface area contributed by atoms with Crippen LogP contribution in [0.4, 0.5) is 0 Å². The van der Waals surface area contributed by atoms with Gasteiger partial charge in [-0.05, 0) is 48.2 Å². The maximum atomic E-state index is 12.7. The lowest BCUT2D eigenvalue weighted by molar-refractivity contribution is 0.0735. The summed E-state index contributed by atoms with van der Waals surface area (Å²) in [6.45, 7) is 2.65. The van der Waals surface area contributed by atoms with E-state index in [9.17, 15) is 4.79 Å². The lowest BCUT2D eigenvalue weighted by atomic mass is 10.1. The maximum Gasteiger partial charge on any atom is 0.257 e. The highest BCUT2D eigenvalue weighted by Crippen LogP contribution is 2.34. The van der Waals surface area contributed by atoms with Crippen LogP contribution in [0.3, 0.4) is 0 Å². The molecule has 2 aromatic heterocycles. The van der Waals surface area contributed by atoms with Crippen LogP contribution in [-0.2, 0) is 0 Å². The van der Waals surface area contributed by atoms with Gasteiger partial charge in [0.25, 0.3) is 5.91 Å². The predicted octanol–water partition coefficient (Wildman–Crippen LogP) is 4.08. The summed E-state index contributed by atoms with van der Waals surface area (Å²) in [7, 11) is 0. The first kappa shape index (κ1) is 13.6. The third-order valence-corrected chi connectivity index (χ3v) is 4.68. The van der Waals surface area contributed by atoms with Gasteiger partial charge in [0.05, 0.1) is 16.6 Å². The van der Waals surface area contributed by atoms with Gasteiger partial charge >= 0.3 is 0 Å². The van der Waals surface area contributed by atoms with Gasteiger partial charge in [-0.25, -0.2) is 0 Å². The summed E-state index contributed by atoms with van der Waals surface area (Å²) in [5, 5.41) is 4.65. The average molecular weight is 307 g/mol. The van der Waals surface area contributed by atoms with E-state index in [1.165, 1.54) is 5.56 Å². The summed E-state index contributed by atoms with van der Waals surface area (Å²) in [5.41, 5.74) is 2.54. The Morgan fingerprint density at radius 1 is 1.55 bits per heavy atom. The highest BCUT2D eigenvalue weighted by Gasteiger charge is 2.31. The summed E-state index contributed by atoms with van der Waals surface area (Å²) in [6, 6.07) is 4.01. The number of aromatic nitrogens is 1. The molecule has 0 aliphatic carbocycles. The van der Waals surface area contributed by atoms with Gasteiger partial charge in [0, 0.05) is 18.4 Å². The molecule has 0 radical (unpaired) electrons. The number of rotatable bonds is 2. The fourth-order valence-corrected chi connectivity index (χ4v) is 3.65. The van der Waals surface area contributed by atoms with Crippen LogP contribution >= 0.6 is 22.9 Å². The van der Waals surface area contributed by atoms with E-state index in [2.05, 4.69) is 21.8 Å². The van der Waals surface area contributed by atoms with Crippen LogP contribution in [0.1, 0.15) is 40.5 Å². The van der Waals surface area contributed by atoms with Gasteiger partial charge in [0.1, 0.15) is 0 Å². The van der Waals surface area contributed by atoms with Gasteiger partial charge in [-0.1, -0.05) is 11.6 Å². The summed E-state index contributed by atoms with van der Waals surface area (Å²) < 4.78 is 0. The Balaban J connectivity index is 1.89. The van der Waals surface area contributed by atoms with Crippen LogP contribution in [0.5, 0.6) is 0 Å². The minimum absolute atomic E-state index is 0.0174. The highest BCUT2D eigenvalue weighted by molar-refractivity contribution is 7.08. The molecule has 0 N–H and O–H groups in total. The van der Waals surface area contributed by atoms with Crippen LogP contribution in [0.25, 0.3) is 0 Å². The standard InChI is InChI=1S/C15H15ClN2OS/c1-10-7-13(16)12(8-17-10)15(19)18-5-2-3-14(18)11-4-6-20-9-11/h4,6-9,14H,2-3,5H2,1H3. The molecular formula is C15H15ClN2OS. The van der Waals surface area contributed by atoms with Crippen molar-refractivity contribution in [2.75, 3.05) is 6.54 Å². The number of thiophene rings is 1. The van der Waals surface area contributed by atoms with E-state index in [4.69, 9.17) is 11.6 Å². The van der Waals surface area contributed by atoms with E-state index >= 15 is 0 Å². The van der Waals surface area contributed by atoms with Crippen LogP contribution in [0, 0.1) is 6.92 Å². The van der Waals surface area contributed by atoms with Crippen molar-refractivity contribution in [2.24, 2.45) is 0 Å². The topological polar surface area (TPSA) is 33.2 Å². The fourth-order valence-electron chi connectivity index (χ4n) is 2.66. The molecule has 1 saturated heterocycles. The molecule has 2 aromatic rings. The molecule has 104 valence electrons. The molecular weight excluding hydrogens is 292 g/mol. The summed E-state index contributed by atoms with van der Waals surface area (Å²) in [4.78, 5) is 18.8. The van der Waals surface area contributed by atoms with Gasteiger partial charge in [-0.15, -0.1) is 0 Å². The number of hydrogen-bond donors (Lipinski definition) is 0. The Hall–Kier alpha value is -1.39. The van der Waals surface area contributed by atoms with Crippen molar-refractivity contribution in [3.05, 3.63) is 50.9 Å². The number of halogens is 1. The van der Waals surface area contributed by atoms with E-state index < -0.39 is 0 Å². The molecule has 3 nitrogen and oxygen atoms in total. The molecule has 1 amide bonds. The first-order valence-corrected chi connectivity index (χ1v) is 7.94. The van der Waals surface area contributed by atoms with Gasteiger partial charge in [0.15, 0.2) is 0 Å². The molecule has 0 spiro atoms. The van der Waals surface area contributed by atoms with Crippen molar-refractivity contribution in [1.82, 2.24) is 9.88 Å². The third kappa shape index (κ3) is 2.45. The number of nitrogens with zero attached hydrogens (tertiary/aromatic N) is 2. The van der Waals surface area contributed by atoms with Crippen molar-refractivity contribution in [2.45, 2.75) is 25.8 Å². The van der Waals surface area contributed by atoms with Crippen LogP contribution < -0.4 is 0 Å². The summed E-state index contributed by atoms with van der Waals surface area (Å²) in [5.74, 6) is -0.0174. The number of carbonyl (C=O) groups is 1. The largest absolute Gasteiger partial charge is 0.331 e. The molecule has 1 atom stereocenters. The van der Waals surface area contributed by atoms with E-state index in [-0.39, 0.29) is 11.9 Å². The van der Waals surface area contributed by atoms with E-state index in [1.807, 2.05) is 11.8 Å². The number of hydrogen-bond acceptors (Lipinski definition) is 3. The van der Waals surface area contributed by atoms with Crippen LogP contribution in [0.15, 0.2) is 29.1 Å². The van der Waals surface area contributed by atoms with Crippen molar-refractivity contribution in [1.29, 1.82) is 0 Å². The molecule has 1 fully saturated rings. The minimum atomic E-state index is -0.0174. The van der Waals surface area contributed by atoms with Crippen molar-refractivity contribution in [3.63, 3.8) is 0 Å². The van der Waals surface area contributed by atoms with Gasteiger partial charge in [-0.3, -0.25) is 9.78 Å².